The molecule has 11 nitrogen and oxygen atoms in total. The highest BCUT2D eigenvalue weighted by Gasteiger charge is 2.33. The van der Waals surface area contributed by atoms with Crippen LogP contribution in [0.4, 0.5) is 13.2 Å². The molecule has 33 heavy (non-hydrogen) atoms. The Hall–Kier alpha value is -3.88. The van der Waals surface area contributed by atoms with Crippen molar-refractivity contribution in [1.82, 2.24) is 30.0 Å². The lowest BCUT2D eigenvalue weighted by Crippen LogP contribution is -2.29. The van der Waals surface area contributed by atoms with Crippen LogP contribution in [0.2, 0.25) is 0 Å². The summed E-state index contributed by atoms with van der Waals surface area (Å²) in [4.78, 5) is 34.5. The molecule has 15 heteroatoms. The van der Waals surface area contributed by atoms with E-state index in [1.165, 1.54) is 6.92 Å². The van der Waals surface area contributed by atoms with Crippen LogP contribution < -0.4 is 5.32 Å². The molecular formula is C18H15F3N6O5S. The summed E-state index contributed by atoms with van der Waals surface area (Å²) in [7, 11) is -4.03. The molecule has 1 atom stereocenters. The van der Waals surface area contributed by atoms with Gasteiger partial charge in [0.1, 0.15) is 6.33 Å². The number of rotatable bonds is 6. The summed E-state index contributed by atoms with van der Waals surface area (Å²) in [6.07, 6.45) is -0.922. The number of nitrogens with one attached hydrogen (secondary N) is 1. The molecule has 0 fully saturated rings. The molecule has 0 aliphatic carbocycles. The van der Waals surface area contributed by atoms with Gasteiger partial charge in [-0.3, -0.25) is 4.79 Å². The predicted molar refractivity (Wildman–Crippen MR) is 104 cm³/mol. The molecule has 174 valence electrons. The van der Waals surface area contributed by atoms with Gasteiger partial charge in [0.2, 0.25) is 0 Å². The lowest BCUT2D eigenvalue weighted by atomic mass is 10.1. The summed E-state index contributed by atoms with van der Waals surface area (Å²) in [5.41, 5.74) is -2.12. The largest absolute Gasteiger partial charge is 0.476 e. The van der Waals surface area contributed by atoms with Crippen molar-refractivity contribution in [2.45, 2.75) is 24.0 Å². The molecule has 0 unspecified atom stereocenters. The van der Waals surface area contributed by atoms with Crippen molar-refractivity contribution < 1.29 is 36.3 Å². The van der Waals surface area contributed by atoms with Crippen LogP contribution in [0.15, 0.2) is 41.8 Å². The molecule has 1 amide bonds. The molecule has 2 aromatic heterocycles. The van der Waals surface area contributed by atoms with Gasteiger partial charge in [0.15, 0.2) is 27.2 Å². The van der Waals surface area contributed by atoms with Gasteiger partial charge in [0.05, 0.1) is 28.9 Å². The van der Waals surface area contributed by atoms with E-state index in [4.69, 9.17) is 5.11 Å². The maximum atomic E-state index is 13.2. The van der Waals surface area contributed by atoms with Crippen LogP contribution >= 0.6 is 0 Å². The van der Waals surface area contributed by atoms with Gasteiger partial charge >= 0.3 is 12.1 Å². The zero-order valence-corrected chi connectivity index (χ0v) is 17.7. The van der Waals surface area contributed by atoms with E-state index in [-0.39, 0.29) is 17.3 Å². The zero-order valence-electron chi connectivity index (χ0n) is 16.9. The van der Waals surface area contributed by atoms with Gasteiger partial charge in [0, 0.05) is 11.8 Å². The quantitative estimate of drug-likeness (QED) is 0.531. The van der Waals surface area contributed by atoms with E-state index in [0.29, 0.717) is 12.1 Å². The number of amides is 1. The second kappa shape index (κ2) is 8.57. The minimum atomic E-state index is -4.87. The lowest BCUT2D eigenvalue weighted by Gasteiger charge is -2.16. The molecule has 1 aromatic carbocycles. The second-order valence-electron chi connectivity index (χ2n) is 6.81. The average molecular weight is 484 g/mol. The molecule has 2 heterocycles. The van der Waals surface area contributed by atoms with Gasteiger partial charge in [-0.1, -0.05) is 0 Å². The molecule has 3 aromatic rings. The number of carboxylic acids is 1. The van der Waals surface area contributed by atoms with Crippen LogP contribution in [-0.2, 0) is 16.0 Å². The first-order valence-corrected chi connectivity index (χ1v) is 10.9. The number of hydrogen-bond donors (Lipinski definition) is 2. The Bertz CT molecular complexity index is 1320. The van der Waals surface area contributed by atoms with E-state index in [1.54, 1.807) is 0 Å². The third kappa shape index (κ3) is 5.31. The number of alkyl halides is 3. The first-order chi connectivity index (χ1) is 15.3. The number of aromatic nitrogens is 5. The third-order valence-corrected chi connectivity index (χ3v) is 5.40. The highest BCUT2D eigenvalue weighted by atomic mass is 32.2. The fourth-order valence-electron chi connectivity index (χ4n) is 2.72. The van der Waals surface area contributed by atoms with E-state index in [9.17, 15) is 31.2 Å². The maximum absolute atomic E-state index is 13.2. The van der Waals surface area contributed by atoms with Crippen molar-refractivity contribution >= 4 is 21.7 Å². The molecular weight excluding hydrogens is 469 g/mol. The summed E-state index contributed by atoms with van der Waals surface area (Å²) in [6.45, 7) is 1.46. The average Bonchev–Trinajstić information content (AvgIpc) is 3.22. The molecule has 0 saturated carbocycles. The first kappa shape index (κ1) is 23.8. The monoisotopic (exact) mass is 484 g/mol. The van der Waals surface area contributed by atoms with Gasteiger partial charge in [-0.2, -0.15) is 23.0 Å². The van der Waals surface area contributed by atoms with Crippen molar-refractivity contribution in [3.8, 4) is 5.82 Å². The van der Waals surface area contributed by atoms with Crippen molar-refractivity contribution in [2.75, 3.05) is 6.26 Å². The number of sulfone groups is 1. The summed E-state index contributed by atoms with van der Waals surface area (Å²) in [6, 6.07) is 0.911. The molecule has 3 rings (SSSR count). The molecule has 0 bridgehead atoms. The van der Waals surface area contributed by atoms with Crippen LogP contribution in [0.25, 0.3) is 5.82 Å². The van der Waals surface area contributed by atoms with Crippen LogP contribution in [0.5, 0.6) is 0 Å². The molecule has 0 saturated heterocycles. The zero-order chi connectivity index (χ0) is 24.6. The van der Waals surface area contributed by atoms with Gasteiger partial charge in [0.25, 0.3) is 5.91 Å². The fraction of sp³-hybridized carbons (Fsp3) is 0.222. The van der Waals surface area contributed by atoms with E-state index < -0.39 is 50.0 Å². The Morgan fingerprint density at radius 3 is 2.36 bits per heavy atom. The summed E-state index contributed by atoms with van der Waals surface area (Å²) in [5, 5.41) is 15.3. The number of carbonyl (C=O) groups is 2. The number of carbonyl (C=O) groups excluding carboxylic acids is 1. The van der Waals surface area contributed by atoms with Crippen LogP contribution in [0, 0.1) is 0 Å². The van der Waals surface area contributed by atoms with E-state index >= 15 is 0 Å². The number of aromatic carboxylic acids is 1. The Morgan fingerprint density at radius 1 is 1.12 bits per heavy atom. The van der Waals surface area contributed by atoms with Crippen LogP contribution in [0.1, 0.15) is 45.2 Å². The highest BCUT2D eigenvalue weighted by Crippen LogP contribution is 2.32. The summed E-state index contributed by atoms with van der Waals surface area (Å²) in [5.74, 6) is -2.09. The summed E-state index contributed by atoms with van der Waals surface area (Å²) >= 11 is 0. The lowest BCUT2D eigenvalue weighted by molar-refractivity contribution is -0.137. The Kier molecular flexibility index (Phi) is 6.18. The molecule has 0 spiro atoms. The SMILES string of the molecule is C[C@H](NC(=O)c1cc(C(F)(F)F)cc(S(C)(=O)=O)c1)c1ncnn1-c1cnc(C(=O)O)cn1. The van der Waals surface area contributed by atoms with E-state index in [1.807, 2.05) is 0 Å². The number of carboxylic acid groups (broad SMARTS) is 1. The normalized spacial score (nSPS) is 12.9. The number of hydrogen-bond acceptors (Lipinski definition) is 8. The number of halogens is 3. The molecule has 2 N–H and O–H groups in total. The van der Waals surface area contributed by atoms with Crippen LogP contribution in [-0.4, -0.2) is 56.4 Å². The Morgan fingerprint density at radius 2 is 1.82 bits per heavy atom. The Labute approximate surface area is 184 Å². The van der Waals surface area contributed by atoms with E-state index in [0.717, 1.165) is 35.7 Å². The standard InChI is InChI=1S/C18H15F3N6O5S/c1-9(15-24-8-25-27(15)14-7-22-13(6-23-14)17(29)30)26-16(28)10-3-11(18(19,20)21)5-12(4-10)33(2,31)32/h3-9H,1-2H3,(H,26,28)(H,29,30)/t9-/m0/s1. The molecule has 0 aliphatic rings. The molecule has 0 radical (unpaired) electrons. The van der Waals surface area contributed by atoms with Gasteiger partial charge in [-0.05, 0) is 25.1 Å². The number of nitrogens with zero attached hydrogens (tertiary/aromatic N) is 5. The van der Waals surface area contributed by atoms with Gasteiger partial charge in [-0.15, -0.1) is 0 Å². The van der Waals surface area contributed by atoms with Gasteiger partial charge in [-0.25, -0.2) is 28.2 Å². The van der Waals surface area contributed by atoms with Gasteiger partial charge < -0.3 is 10.4 Å². The van der Waals surface area contributed by atoms with Crippen molar-refractivity contribution in [3.05, 3.63) is 59.6 Å². The first-order valence-electron chi connectivity index (χ1n) is 8.96. The van der Waals surface area contributed by atoms with Crippen molar-refractivity contribution in [2.24, 2.45) is 0 Å². The van der Waals surface area contributed by atoms with Crippen molar-refractivity contribution in [3.63, 3.8) is 0 Å². The minimum Gasteiger partial charge on any atom is -0.476 e. The Balaban J connectivity index is 1.91. The smallest absolute Gasteiger partial charge is 0.416 e. The predicted octanol–water partition coefficient (Wildman–Crippen LogP) is 1.67. The fourth-order valence-corrected chi connectivity index (χ4v) is 3.40. The van der Waals surface area contributed by atoms with Crippen LogP contribution in [0.3, 0.4) is 0 Å². The summed E-state index contributed by atoms with van der Waals surface area (Å²) < 4.78 is 64.4. The molecule has 0 aliphatic heterocycles. The number of benzene rings is 1. The maximum Gasteiger partial charge on any atom is 0.416 e. The minimum absolute atomic E-state index is 0.0760. The highest BCUT2D eigenvalue weighted by molar-refractivity contribution is 7.90. The van der Waals surface area contributed by atoms with E-state index in [2.05, 4.69) is 25.4 Å². The third-order valence-electron chi connectivity index (χ3n) is 4.31. The second-order valence-corrected chi connectivity index (χ2v) is 8.82. The topological polar surface area (TPSA) is 157 Å². The van der Waals surface area contributed by atoms with Crippen molar-refractivity contribution in [1.29, 1.82) is 0 Å².